The van der Waals surface area contributed by atoms with E-state index in [9.17, 15) is 0 Å². The largest absolute Gasteiger partial charge is 0.489 e. The Morgan fingerprint density at radius 1 is 1.40 bits per heavy atom. The van der Waals surface area contributed by atoms with Crippen LogP contribution in [0.4, 0.5) is 5.69 Å². The predicted octanol–water partition coefficient (Wildman–Crippen LogP) is 2.17. The van der Waals surface area contributed by atoms with Crippen LogP contribution in [0, 0.1) is 11.3 Å². The second-order valence-electron chi connectivity index (χ2n) is 3.97. The van der Waals surface area contributed by atoms with Crippen molar-refractivity contribution < 1.29 is 4.74 Å². The van der Waals surface area contributed by atoms with E-state index in [-0.39, 0.29) is 0 Å². The van der Waals surface area contributed by atoms with E-state index in [1.165, 1.54) is 0 Å². The molecule has 0 unspecified atom stereocenters. The maximum Gasteiger partial charge on any atom is 0.139 e. The molecule has 0 bridgehead atoms. The molecular weight excluding hydrogens is 188 g/mol. The smallest absolute Gasteiger partial charge is 0.139 e. The first-order valence-electron chi connectivity index (χ1n) is 5.09. The number of nitriles is 1. The van der Waals surface area contributed by atoms with Crippen molar-refractivity contribution in [3.63, 3.8) is 0 Å². The predicted molar refractivity (Wildman–Crippen MR) is 59.1 cm³/mol. The fourth-order valence-corrected chi connectivity index (χ4v) is 1.47. The molecule has 0 N–H and O–H groups in total. The molecule has 0 aliphatic heterocycles. The van der Waals surface area contributed by atoms with Gasteiger partial charge in [0.2, 0.25) is 0 Å². The Hall–Kier alpha value is -1.69. The summed E-state index contributed by atoms with van der Waals surface area (Å²) >= 11 is 0. The lowest BCUT2D eigenvalue weighted by Gasteiger charge is -2.16. The first-order chi connectivity index (χ1) is 7.22. The van der Waals surface area contributed by atoms with Gasteiger partial charge in [-0.25, -0.2) is 0 Å². The third-order valence-corrected chi connectivity index (χ3v) is 2.42. The molecule has 0 spiro atoms. The Bertz CT molecular complexity index is 403. The summed E-state index contributed by atoms with van der Waals surface area (Å²) in [5.74, 6) is 0.714. The molecule has 0 atom stereocenters. The van der Waals surface area contributed by atoms with Crippen LogP contribution in [0.15, 0.2) is 18.2 Å². The third-order valence-electron chi connectivity index (χ3n) is 2.42. The van der Waals surface area contributed by atoms with Crippen molar-refractivity contribution in [1.29, 1.82) is 5.26 Å². The average molecular weight is 202 g/mol. The summed E-state index contributed by atoms with van der Waals surface area (Å²) in [6.07, 6.45) is 2.54. The molecule has 1 aromatic carbocycles. The molecular formula is C12H14N2O. The molecule has 78 valence electrons. The van der Waals surface area contributed by atoms with Crippen molar-refractivity contribution in [2.45, 2.75) is 18.9 Å². The highest BCUT2D eigenvalue weighted by molar-refractivity contribution is 5.64. The SMILES string of the molecule is CN(C)c1cccc(OC2CC2)c1C#N. The number of anilines is 1. The van der Waals surface area contributed by atoms with E-state index in [4.69, 9.17) is 10.00 Å². The standard InChI is InChI=1S/C12H14N2O/c1-14(2)11-4-3-5-12(10(11)8-13)15-9-6-7-9/h3-5,9H,6-7H2,1-2H3. The second kappa shape index (κ2) is 3.82. The van der Waals surface area contributed by atoms with E-state index >= 15 is 0 Å². The third kappa shape index (κ3) is 2.04. The summed E-state index contributed by atoms with van der Waals surface area (Å²) in [7, 11) is 3.86. The molecule has 1 saturated carbocycles. The van der Waals surface area contributed by atoms with E-state index < -0.39 is 0 Å². The van der Waals surface area contributed by atoms with Crippen LogP contribution in [-0.4, -0.2) is 20.2 Å². The van der Waals surface area contributed by atoms with Gasteiger partial charge in [0.1, 0.15) is 17.4 Å². The molecule has 3 nitrogen and oxygen atoms in total. The van der Waals surface area contributed by atoms with Crippen molar-refractivity contribution in [2.24, 2.45) is 0 Å². The molecule has 1 aliphatic carbocycles. The number of ether oxygens (including phenoxy) is 1. The fraction of sp³-hybridized carbons (Fsp3) is 0.417. The van der Waals surface area contributed by atoms with Gasteiger partial charge >= 0.3 is 0 Å². The van der Waals surface area contributed by atoms with Gasteiger partial charge in [-0.1, -0.05) is 6.07 Å². The Balaban J connectivity index is 2.36. The van der Waals surface area contributed by atoms with E-state index in [2.05, 4.69) is 6.07 Å². The lowest BCUT2D eigenvalue weighted by Crippen LogP contribution is -2.11. The van der Waals surface area contributed by atoms with Gasteiger partial charge < -0.3 is 9.64 Å². The molecule has 1 aliphatic rings. The van der Waals surface area contributed by atoms with Gasteiger partial charge in [0.05, 0.1) is 11.8 Å². The highest BCUT2D eigenvalue weighted by Gasteiger charge is 2.25. The zero-order valence-electron chi connectivity index (χ0n) is 9.03. The van der Waals surface area contributed by atoms with Crippen molar-refractivity contribution >= 4 is 5.69 Å². The molecule has 0 amide bonds. The first-order valence-corrected chi connectivity index (χ1v) is 5.09. The lowest BCUT2D eigenvalue weighted by molar-refractivity contribution is 0.302. The summed E-state index contributed by atoms with van der Waals surface area (Å²) in [5.41, 5.74) is 1.55. The van der Waals surface area contributed by atoms with Crippen LogP contribution in [-0.2, 0) is 0 Å². The van der Waals surface area contributed by atoms with Gasteiger partial charge in [-0.2, -0.15) is 5.26 Å². The minimum atomic E-state index is 0.328. The van der Waals surface area contributed by atoms with Crippen LogP contribution in [0.25, 0.3) is 0 Å². The zero-order valence-corrected chi connectivity index (χ0v) is 9.03. The summed E-state index contributed by atoms with van der Waals surface area (Å²) < 4.78 is 5.69. The van der Waals surface area contributed by atoms with Gasteiger partial charge in [0, 0.05) is 14.1 Å². The van der Waals surface area contributed by atoms with E-state index in [0.717, 1.165) is 18.5 Å². The van der Waals surface area contributed by atoms with E-state index in [1.807, 2.05) is 37.2 Å². The minimum absolute atomic E-state index is 0.328. The van der Waals surface area contributed by atoms with Crippen molar-refractivity contribution in [3.8, 4) is 11.8 Å². The number of rotatable bonds is 3. The summed E-state index contributed by atoms with van der Waals surface area (Å²) in [6.45, 7) is 0. The summed E-state index contributed by atoms with van der Waals surface area (Å²) in [5, 5.41) is 9.12. The Morgan fingerprint density at radius 3 is 2.67 bits per heavy atom. The maximum absolute atomic E-state index is 9.12. The molecule has 0 saturated heterocycles. The molecule has 0 aromatic heterocycles. The van der Waals surface area contributed by atoms with Crippen LogP contribution >= 0.6 is 0 Å². The maximum atomic E-state index is 9.12. The van der Waals surface area contributed by atoms with Crippen LogP contribution in [0.2, 0.25) is 0 Å². The number of benzene rings is 1. The second-order valence-corrected chi connectivity index (χ2v) is 3.97. The Morgan fingerprint density at radius 2 is 2.13 bits per heavy atom. The van der Waals surface area contributed by atoms with Crippen molar-refractivity contribution in [3.05, 3.63) is 23.8 Å². The molecule has 1 aromatic rings. The summed E-state index contributed by atoms with van der Waals surface area (Å²) in [6, 6.07) is 7.93. The molecule has 0 heterocycles. The van der Waals surface area contributed by atoms with Gasteiger partial charge in [-0.05, 0) is 25.0 Å². The monoisotopic (exact) mass is 202 g/mol. The molecule has 1 fully saturated rings. The minimum Gasteiger partial charge on any atom is -0.489 e. The zero-order chi connectivity index (χ0) is 10.8. The van der Waals surface area contributed by atoms with Crippen molar-refractivity contribution in [1.82, 2.24) is 0 Å². The topological polar surface area (TPSA) is 36.3 Å². The van der Waals surface area contributed by atoms with Crippen LogP contribution in [0.5, 0.6) is 5.75 Å². The average Bonchev–Trinajstić information content (AvgIpc) is 3.01. The van der Waals surface area contributed by atoms with Gasteiger partial charge in [-0.3, -0.25) is 0 Å². The Kier molecular flexibility index (Phi) is 2.51. The van der Waals surface area contributed by atoms with E-state index in [0.29, 0.717) is 17.4 Å². The molecule has 0 radical (unpaired) electrons. The molecule has 15 heavy (non-hydrogen) atoms. The number of hydrogen-bond acceptors (Lipinski definition) is 3. The van der Waals surface area contributed by atoms with Gasteiger partial charge in [0.15, 0.2) is 0 Å². The van der Waals surface area contributed by atoms with Crippen LogP contribution in [0.3, 0.4) is 0 Å². The number of nitrogens with zero attached hydrogens (tertiary/aromatic N) is 2. The number of hydrogen-bond donors (Lipinski definition) is 0. The molecule has 2 rings (SSSR count). The fourth-order valence-electron chi connectivity index (χ4n) is 1.47. The van der Waals surface area contributed by atoms with E-state index in [1.54, 1.807) is 0 Å². The molecule has 3 heteroatoms. The van der Waals surface area contributed by atoms with Gasteiger partial charge in [-0.15, -0.1) is 0 Å². The van der Waals surface area contributed by atoms with Gasteiger partial charge in [0.25, 0.3) is 0 Å². The highest BCUT2D eigenvalue weighted by Crippen LogP contribution is 2.32. The quantitative estimate of drug-likeness (QED) is 0.753. The van der Waals surface area contributed by atoms with Crippen LogP contribution in [0.1, 0.15) is 18.4 Å². The summed E-state index contributed by atoms with van der Waals surface area (Å²) in [4.78, 5) is 1.93. The first kappa shape index (κ1) is 9.85. The Labute approximate surface area is 89.9 Å². The highest BCUT2D eigenvalue weighted by atomic mass is 16.5. The van der Waals surface area contributed by atoms with Crippen LogP contribution < -0.4 is 9.64 Å². The normalized spacial score (nSPS) is 14.5. The lowest BCUT2D eigenvalue weighted by atomic mass is 10.1. The van der Waals surface area contributed by atoms with Crippen molar-refractivity contribution in [2.75, 3.05) is 19.0 Å².